The van der Waals surface area contributed by atoms with E-state index in [1.807, 2.05) is 41.3 Å². The number of carbonyl (C=O) groups excluding carboxylic acids is 2. The zero-order chi connectivity index (χ0) is 24.8. The molecular weight excluding hydrogens is 448 g/mol. The van der Waals surface area contributed by atoms with Crippen LogP contribution >= 0.6 is 0 Å². The lowest BCUT2D eigenvalue weighted by Crippen LogP contribution is -2.40. The molecule has 0 aliphatic carbocycles. The van der Waals surface area contributed by atoms with Gasteiger partial charge in [-0.2, -0.15) is 4.98 Å². The number of hydrogen-bond acceptors (Lipinski definition) is 7. The largest absolute Gasteiger partial charge is 0.497 e. The van der Waals surface area contributed by atoms with E-state index >= 15 is 0 Å². The van der Waals surface area contributed by atoms with Crippen molar-refractivity contribution in [2.45, 2.75) is 38.5 Å². The topological polar surface area (TPSA) is 107 Å². The van der Waals surface area contributed by atoms with Crippen LogP contribution in [0.1, 0.15) is 43.6 Å². The molecule has 9 nitrogen and oxygen atoms in total. The predicted octanol–water partition coefficient (Wildman–Crippen LogP) is 4.05. The summed E-state index contributed by atoms with van der Waals surface area (Å²) in [6, 6.07) is 12.8. The molecule has 1 saturated heterocycles. The lowest BCUT2D eigenvalue weighted by molar-refractivity contribution is -0.131. The van der Waals surface area contributed by atoms with Crippen LogP contribution in [0.15, 0.2) is 47.0 Å². The predicted molar refractivity (Wildman–Crippen MR) is 130 cm³/mol. The molecule has 1 fully saturated rings. The smallest absolute Gasteiger partial charge is 0.231 e. The number of ether oxygens (including phenoxy) is 2. The number of benzene rings is 2. The van der Waals surface area contributed by atoms with Gasteiger partial charge in [-0.1, -0.05) is 24.2 Å². The van der Waals surface area contributed by atoms with E-state index in [2.05, 4.69) is 15.5 Å². The second kappa shape index (κ2) is 11.0. The minimum Gasteiger partial charge on any atom is -0.497 e. The number of hydrogen-bond donors (Lipinski definition) is 1. The second-order valence-electron chi connectivity index (χ2n) is 8.52. The highest BCUT2D eigenvalue weighted by atomic mass is 16.5. The molecule has 0 unspecified atom stereocenters. The van der Waals surface area contributed by atoms with Crippen LogP contribution in [0.25, 0.3) is 11.4 Å². The first-order chi connectivity index (χ1) is 17.0. The Morgan fingerprint density at radius 2 is 1.91 bits per heavy atom. The maximum atomic E-state index is 13.1. The molecule has 2 aromatic carbocycles. The highest BCUT2D eigenvalue weighted by Crippen LogP contribution is 2.29. The monoisotopic (exact) mass is 478 g/mol. The summed E-state index contributed by atoms with van der Waals surface area (Å²) < 4.78 is 16.2. The van der Waals surface area contributed by atoms with Crippen LogP contribution in [0.3, 0.4) is 0 Å². The van der Waals surface area contributed by atoms with Crippen molar-refractivity contribution in [3.05, 3.63) is 53.9 Å². The summed E-state index contributed by atoms with van der Waals surface area (Å²) in [6.07, 6.45) is 2.38. The average Bonchev–Trinajstić information content (AvgIpc) is 3.39. The van der Waals surface area contributed by atoms with Gasteiger partial charge in [-0.3, -0.25) is 9.59 Å². The Morgan fingerprint density at radius 1 is 1.14 bits per heavy atom. The SMILES string of the molecule is CCC(=O)Nc1cccc(-c2noc([C@@H]3CCCN(C(=O)Cc4cc(OC)cc(OC)c4)C3)n2)c1. The summed E-state index contributed by atoms with van der Waals surface area (Å²) in [5.41, 5.74) is 2.28. The Balaban J connectivity index is 1.43. The number of likely N-dealkylation sites (tertiary alicyclic amines) is 1. The molecule has 2 heterocycles. The summed E-state index contributed by atoms with van der Waals surface area (Å²) in [6.45, 7) is 3.02. The van der Waals surface area contributed by atoms with Crippen LogP contribution in [-0.2, 0) is 16.0 Å². The van der Waals surface area contributed by atoms with Gasteiger partial charge in [0.05, 0.1) is 26.6 Å². The molecule has 0 saturated carbocycles. The van der Waals surface area contributed by atoms with Crippen molar-refractivity contribution in [3.8, 4) is 22.9 Å². The summed E-state index contributed by atoms with van der Waals surface area (Å²) in [7, 11) is 3.18. The van der Waals surface area contributed by atoms with E-state index in [9.17, 15) is 9.59 Å². The van der Waals surface area contributed by atoms with Crippen molar-refractivity contribution in [2.24, 2.45) is 0 Å². The zero-order valence-corrected chi connectivity index (χ0v) is 20.2. The normalized spacial score (nSPS) is 15.5. The van der Waals surface area contributed by atoms with E-state index in [1.165, 1.54) is 0 Å². The Morgan fingerprint density at radius 3 is 2.63 bits per heavy atom. The average molecular weight is 479 g/mol. The maximum Gasteiger partial charge on any atom is 0.231 e. The van der Waals surface area contributed by atoms with E-state index in [1.54, 1.807) is 27.2 Å². The first-order valence-electron chi connectivity index (χ1n) is 11.7. The Hall–Kier alpha value is -3.88. The molecule has 0 bridgehead atoms. The van der Waals surface area contributed by atoms with Crippen LogP contribution in [0.4, 0.5) is 5.69 Å². The Bertz CT molecular complexity index is 1170. The van der Waals surface area contributed by atoms with Crippen LogP contribution < -0.4 is 14.8 Å². The highest BCUT2D eigenvalue weighted by Gasteiger charge is 2.29. The van der Waals surface area contributed by atoms with Crippen LogP contribution in [0, 0.1) is 0 Å². The van der Waals surface area contributed by atoms with Gasteiger partial charge in [0, 0.05) is 36.8 Å². The fourth-order valence-corrected chi connectivity index (χ4v) is 4.16. The van der Waals surface area contributed by atoms with E-state index in [0.717, 1.165) is 24.0 Å². The number of nitrogens with zero attached hydrogens (tertiary/aromatic N) is 3. The Labute approximate surface area is 204 Å². The zero-order valence-electron chi connectivity index (χ0n) is 20.2. The van der Waals surface area contributed by atoms with E-state index in [4.69, 9.17) is 14.0 Å². The summed E-state index contributed by atoms with van der Waals surface area (Å²) in [5, 5.41) is 6.99. The van der Waals surface area contributed by atoms with Crippen LogP contribution in [0.5, 0.6) is 11.5 Å². The van der Waals surface area contributed by atoms with Gasteiger partial charge in [-0.25, -0.2) is 0 Å². The summed E-state index contributed by atoms with van der Waals surface area (Å²) in [5.74, 6) is 2.22. The molecule has 0 radical (unpaired) electrons. The number of carbonyl (C=O) groups is 2. The third-order valence-electron chi connectivity index (χ3n) is 6.06. The van der Waals surface area contributed by atoms with Gasteiger partial charge in [-0.15, -0.1) is 0 Å². The van der Waals surface area contributed by atoms with Crippen LogP contribution in [-0.4, -0.2) is 54.2 Å². The fraction of sp³-hybridized carbons (Fsp3) is 0.385. The molecule has 0 spiro atoms. The van der Waals surface area contributed by atoms with Crippen molar-refractivity contribution in [3.63, 3.8) is 0 Å². The maximum absolute atomic E-state index is 13.1. The third kappa shape index (κ3) is 5.98. The number of piperidine rings is 1. The molecule has 1 N–H and O–H groups in total. The molecule has 1 atom stereocenters. The number of methoxy groups -OCH3 is 2. The van der Waals surface area contributed by atoms with Crippen molar-refractivity contribution in [1.82, 2.24) is 15.0 Å². The summed E-state index contributed by atoms with van der Waals surface area (Å²) >= 11 is 0. The number of nitrogens with one attached hydrogen (secondary N) is 1. The number of amides is 2. The van der Waals surface area contributed by atoms with Gasteiger partial charge >= 0.3 is 0 Å². The van der Waals surface area contributed by atoms with Gasteiger partial charge in [-0.05, 0) is 42.7 Å². The molecule has 3 aromatic rings. The molecule has 2 amide bonds. The third-order valence-corrected chi connectivity index (χ3v) is 6.06. The van der Waals surface area contributed by atoms with Crippen molar-refractivity contribution in [2.75, 3.05) is 32.6 Å². The van der Waals surface area contributed by atoms with Gasteiger partial charge in [0.2, 0.25) is 23.5 Å². The summed E-state index contributed by atoms with van der Waals surface area (Å²) in [4.78, 5) is 31.2. The van der Waals surface area contributed by atoms with Crippen molar-refractivity contribution >= 4 is 17.5 Å². The lowest BCUT2D eigenvalue weighted by atomic mass is 9.97. The van der Waals surface area contributed by atoms with Crippen LogP contribution in [0.2, 0.25) is 0 Å². The van der Waals surface area contributed by atoms with E-state index < -0.39 is 0 Å². The van der Waals surface area contributed by atoms with E-state index in [-0.39, 0.29) is 24.2 Å². The number of rotatable bonds is 8. The number of anilines is 1. The quantitative estimate of drug-likeness (QED) is 0.520. The second-order valence-corrected chi connectivity index (χ2v) is 8.52. The molecule has 4 rings (SSSR count). The standard InChI is InChI=1S/C26H30N4O5/c1-4-23(31)27-20-9-5-7-18(14-20)25-28-26(35-29-25)19-8-6-10-30(16-19)24(32)13-17-11-21(33-2)15-22(12-17)34-3/h5,7,9,11-12,14-15,19H,4,6,8,10,13,16H2,1-3H3,(H,27,31)/t19-/m1/s1. The minimum atomic E-state index is -0.0599. The molecule has 184 valence electrons. The Kier molecular flexibility index (Phi) is 7.64. The molecule has 1 aliphatic heterocycles. The molecule has 1 aromatic heterocycles. The van der Waals surface area contributed by atoms with Gasteiger partial charge in [0.25, 0.3) is 0 Å². The van der Waals surface area contributed by atoms with Gasteiger partial charge < -0.3 is 24.2 Å². The molecule has 1 aliphatic rings. The van der Waals surface area contributed by atoms with Crippen molar-refractivity contribution < 1.29 is 23.6 Å². The first kappa shape index (κ1) is 24.3. The highest BCUT2D eigenvalue weighted by molar-refractivity contribution is 5.91. The first-order valence-corrected chi connectivity index (χ1v) is 11.7. The van der Waals surface area contributed by atoms with Gasteiger partial charge in [0.15, 0.2) is 0 Å². The molecular formula is C26H30N4O5. The molecule has 35 heavy (non-hydrogen) atoms. The minimum absolute atomic E-state index is 0.0308. The van der Waals surface area contributed by atoms with Gasteiger partial charge in [0.1, 0.15) is 11.5 Å². The van der Waals surface area contributed by atoms with Crippen molar-refractivity contribution in [1.29, 1.82) is 0 Å². The van der Waals surface area contributed by atoms with E-state index in [0.29, 0.717) is 48.4 Å². The fourth-order valence-electron chi connectivity index (χ4n) is 4.16. The molecule has 9 heteroatoms. The lowest BCUT2D eigenvalue weighted by Gasteiger charge is -2.31. The number of aromatic nitrogens is 2.